The van der Waals surface area contributed by atoms with Gasteiger partial charge in [0.15, 0.2) is 0 Å². The molecule has 2 aromatic rings. The molecule has 1 aromatic carbocycles. The number of morpholine rings is 1. The number of nitrogens with one attached hydrogen (secondary N) is 1. The first-order valence-electron chi connectivity index (χ1n) is 9.92. The summed E-state index contributed by atoms with van der Waals surface area (Å²) in [6, 6.07) is 10.2. The Morgan fingerprint density at radius 2 is 2.07 bits per heavy atom. The lowest BCUT2D eigenvalue weighted by molar-refractivity contribution is -0.125. The minimum atomic E-state index is -0.0155. The van der Waals surface area contributed by atoms with Crippen molar-refractivity contribution in [2.45, 2.75) is 32.7 Å². The Labute approximate surface area is 169 Å². The molecule has 0 bridgehead atoms. The van der Waals surface area contributed by atoms with E-state index in [1.807, 2.05) is 23.1 Å². The lowest BCUT2D eigenvalue weighted by Gasteiger charge is -2.26. The molecule has 148 valence electrons. The lowest BCUT2D eigenvalue weighted by atomic mass is 9.87. The Kier molecular flexibility index (Phi) is 5.78. The average Bonchev–Trinajstić information content (AvgIpc) is 3.15. The van der Waals surface area contributed by atoms with Crippen molar-refractivity contribution in [2.24, 2.45) is 5.92 Å². The molecule has 0 saturated carbocycles. The molecule has 1 N–H and O–H groups in total. The number of nitrogens with zero attached hydrogens (tertiary/aromatic N) is 1. The Morgan fingerprint density at radius 1 is 1.25 bits per heavy atom. The maximum atomic E-state index is 12.7. The maximum absolute atomic E-state index is 12.7. The standard InChI is InChI=1S/C22H26N2O3S/c1-15-3-2-4-16(11-15)14-23-21(25)17-5-6-19-18(12-17)13-20(28-19)22(26)24-7-9-27-10-8-24/h2-4,11,13,17H,5-10,12,14H2,1H3,(H,23,25). The summed E-state index contributed by atoms with van der Waals surface area (Å²) in [5, 5.41) is 3.08. The molecule has 1 aliphatic carbocycles. The first-order valence-corrected chi connectivity index (χ1v) is 10.7. The van der Waals surface area contributed by atoms with Gasteiger partial charge in [0.1, 0.15) is 0 Å². The second-order valence-electron chi connectivity index (χ2n) is 7.61. The molecular formula is C22H26N2O3S. The van der Waals surface area contributed by atoms with Crippen molar-refractivity contribution in [3.8, 4) is 0 Å². The normalized spacial score (nSPS) is 19.2. The van der Waals surface area contributed by atoms with Gasteiger partial charge >= 0.3 is 0 Å². The second-order valence-corrected chi connectivity index (χ2v) is 8.75. The molecule has 6 heteroatoms. The van der Waals surface area contributed by atoms with Crippen LogP contribution in [0.4, 0.5) is 0 Å². The number of fused-ring (bicyclic) bond motifs is 1. The van der Waals surface area contributed by atoms with Crippen molar-refractivity contribution >= 4 is 23.2 Å². The summed E-state index contributed by atoms with van der Waals surface area (Å²) in [5.74, 6) is 0.195. The summed E-state index contributed by atoms with van der Waals surface area (Å²) >= 11 is 1.60. The zero-order valence-electron chi connectivity index (χ0n) is 16.2. The van der Waals surface area contributed by atoms with E-state index in [-0.39, 0.29) is 17.7 Å². The highest BCUT2D eigenvalue weighted by Crippen LogP contribution is 2.33. The van der Waals surface area contributed by atoms with Gasteiger partial charge in [0.25, 0.3) is 5.91 Å². The summed E-state index contributed by atoms with van der Waals surface area (Å²) in [6.07, 6.45) is 2.44. The molecular weight excluding hydrogens is 372 g/mol. The number of aryl methyl sites for hydroxylation is 2. The Bertz CT molecular complexity index is 870. The van der Waals surface area contributed by atoms with Gasteiger partial charge in [0, 0.05) is 30.4 Å². The minimum absolute atomic E-state index is 0.0155. The van der Waals surface area contributed by atoms with E-state index < -0.39 is 0 Å². The fraction of sp³-hybridized carbons (Fsp3) is 0.455. The van der Waals surface area contributed by atoms with Crippen LogP contribution in [-0.2, 0) is 28.9 Å². The van der Waals surface area contributed by atoms with Crippen molar-refractivity contribution < 1.29 is 14.3 Å². The van der Waals surface area contributed by atoms with E-state index in [0.29, 0.717) is 32.8 Å². The van der Waals surface area contributed by atoms with Gasteiger partial charge in [0.05, 0.1) is 18.1 Å². The highest BCUT2D eigenvalue weighted by Gasteiger charge is 2.28. The summed E-state index contributed by atoms with van der Waals surface area (Å²) in [4.78, 5) is 29.3. The van der Waals surface area contributed by atoms with Gasteiger partial charge in [-0.05, 0) is 43.4 Å². The summed E-state index contributed by atoms with van der Waals surface area (Å²) < 4.78 is 5.33. The zero-order chi connectivity index (χ0) is 19.5. The van der Waals surface area contributed by atoms with Crippen LogP contribution in [0.1, 0.15) is 37.7 Å². The van der Waals surface area contributed by atoms with Gasteiger partial charge in [-0.15, -0.1) is 11.3 Å². The van der Waals surface area contributed by atoms with E-state index in [0.717, 1.165) is 29.7 Å². The average molecular weight is 399 g/mol. The molecule has 1 aliphatic heterocycles. The molecule has 1 unspecified atom stereocenters. The number of carbonyl (C=O) groups excluding carboxylic acids is 2. The Hall–Kier alpha value is -2.18. The van der Waals surface area contributed by atoms with Gasteiger partial charge in [0.2, 0.25) is 5.91 Å². The molecule has 1 saturated heterocycles. The molecule has 1 atom stereocenters. The molecule has 0 spiro atoms. The van der Waals surface area contributed by atoms with Gasteiger partial charge in [-0.25, -0.2) is 0 Å². The van der Waals surface area contributed by atoms with Crippen LogP contribution in [0.2, 0.25) is 0 Å². The van der Waals surface area contributed by atoms with Crippen LogP contribution in [0, 0.1) is 12.8 Å². The molecule has 1 fully saturated rings. The predicted molar refractivity (Wildman–Crippen MR) is 110 cm³/mol. The minimum Gasteiger partial charge on any atom is -0.378 e. The SMILES string of the molecule is Cc1cccc(CNC(=O)C2CCc3sc(C(=O)N4CCOCC4)cc3C2)c1. The summed E-state index contributed by atoms with van der Waals surface area (Å²) in [5.41, 5.74) is 3.49. The number of rotatable bonds is 4. The zero-order valence-corrected chi connectivity index (χ0v) is 17.0. The fourth-order valence-electron chi connectivity index (χ4n) is 3.93. The molecule has 28 heavy (non-hydrogen) atoms. The first-order chi connectivity index (χ1) is 13.6. The molecule has 4 rings (SSSR count). The Morgan fingerprint density at radius 3 is 2.86 bits per heavy atom. The highest BCUT2D eigenvalue weighted by atomic mass is 32.1. The van der Waals surface area contributed by atoms with Gasteiger partial charge in [-0.3, -0.25) is 9.59 Å². The van der Waals surface area contributed by atoms with Gasteiger partial charge in [-0.2, -0.15) is 0 Å². The van der Waals surface area contributed by atoms with Gasteiger partial charge in [-0.1, -0.05) is 29.8 Å². The van der Waals surface area contributed by atoms with Crippen LogP contribution in [0.3, 0.4) is 0 Å². The van der Waals surface area contributed by atoms with E-state index in [1.165, 1.54) is 16.0 Å². The molecule has 2 heterocycles. The smallest absolute Gasteiger partial charge is 0.264 e. The third kappa shape index (κ3) is 4.28. The van der Waals surface area contributed by atoms with Crippen LogP contribution in [-0.4, -0.2) is 43.0 Å². The molecule has 5 nitrogen and oxygen atoms in total. The maximum Gasteiger partial charge on any atom is 0.264 e. The molecule has 1 aromatic heterocycles. The van der Waals surface area contributed by atoms with Crippen LogP contribution >= 0.6 is 11.3 Å². The van der Waals surface area contributed by atoms with Gasteiger partial charge < -0.3 is 15.0 Å². The second kappa shape index (κ2) is 8.45. The quantitative estimate of drug-likeness (QED) is 0.862. The van der Waals surface area contributed by atoms with E-state index in [4.69, 9.17) is 4.74 Å². The van der Waals surface area contributed by atoms with Crippen molar-refractivity contribution in [1.82, 2.24) is 10.2 Å². The number of benzene rings is 1. The van der Waals surface area contributed by atoms with Crippen LogP contribution in [0.5, 0.6) is 0 Å². The monoisotopic (exact) mass is 398 g/mol. The Balaban J connectivity index is 1.37. The molecule has 0 radical (unpaired) electrons. The van der Waals surface area contributed by atoms with Crippen molar-refractivity contribution in [3.63, 3.8) is 0 Å². The highest BCUT2D eigenvalue weighted by molar-refractivity contribution is 7.14. The van der Waals surface area contributed by atoms with Crippen LogP contribution in [0.25, 0.3) is 0 Å². The number of carbonyl (C=O) groups is 2. The van der Waals surface area contributed by atoms with Crippen LogP contribution < -0.4 is 5.32 Å². The number of hydrogen-bond donors (Lipinski definition) is 1. The largest absolute Gasteiger partial charge is 0.378 e. The first kappa shape index (κ1) is 19.2. The van der Waals surface area contributed by atoms with E-state index in [2.05, 4.69) is 24.4 Å². The number of ether oxygens (including phenoxy) is 1. The fourth-order valence-corrected chi connectivity index (χ4v) is 5.11. The number of amides is 2. The predicted octanol–water partition coefficient (Wildman–Crippen LogP) is 2.95. The van der Waals surface area contributed by atoms with E-state index >= 15 is 0 Å². The van der Waals surface area contributed by atoms with Crippen molar-refractivity contribution in [1.29, 1.82) is 0 Å². The molecule has 2 aliphatic rings. The lowest BCUT2D eigenvalue weighted by Crippen LogP contribution is -2.40. The number of thiophene rings is 1. The molecule has 2 amide bonds. The van der Waals surface area contributed by atoms with Crippen molar-refractivity contribution in [3.05, 3.63) is 56.8 Å². The number of hydrogen-bond acceptors (Lipinski definition) is 4. The topological polar surface area (TPSA) is 58.6 Å². The summed E-state index contributed by atoms with van der Waals surface area (Å²) in [6.45, 7) is 5.16. The van der Waals surface area contributed by atoms with Crippen molar-refractivity contribution in [2.75, 3.05) is 26.3 Å². The third-order valence-electron chi connectivity index (χ3n) is 5.51. The van der Waals surface area contributed by atoms with Crippen LogP contribution in [0.15, 0.2) is 30.3 Å². The third-order valence-corrected chi connectivity index (χ3v) is 6.74. The summed E-state index contributed by atoms with van der Waals surface area (Å²) in [7, 11) is 0. The van der Waals surface area contributed by atoms with E-state index in [1.54, 1.807) is 11.3 Å². The van der Waals surface area contributed by atoms with E-state index in [9.17, 15) is 9.59 Å².